The number of para-hydroxylation sites is 2. The highest BCUT2D eigenvalue weighted by Gasteiger charge is 2.27. The molecule has 2 N–H and O–H groups in total. The lowest BCUT2D eigenvalue weighted by atomic mass is 10.1. The van der Waals surface area contributed by atoms with Crippen molar-refractivity contribution in [2.24, 2.45) is 0 Å². The number of benzene rings is 4. The van der Waals surface area contributed by atoms with E-state index in [9.17, 15) is 22.4 Å². The molecule has 0 heterocycles. The molecule has 38 heavy (non-hydrogen) atoms. The first-order valence-corrected chi connectivity index (χ1v) is 13.3. The van der Waals surface area contributed by atoms with Crippen LogP contribution in [-0.4, -0.2) is 33.3 Å². The number of carbonyl (C=O) groups excluding carboxylic acids is 2. The van der Waals surface area contributed by atoms with Crippen molar-refractivity contribution in [1.82, 2.24) is 5.32 Å². The van der Waals surface area contributed by atoms with Crippen molar-refractivity contribution in [2.45, 2.75) is 11.3 Å². The minimum atomic E-state index is -4.20. The topological polar surface area (TPSA) is 95.6 Å². The Hall–Kier alpha value is -4.50. The van der Waals surface area contributed by atoms with Gasteiger partial charge in [0.25, 0.3) is 15.9 Å². The number of anilines is 2. The molecule has 0 radical (unpaired) electrons. The zero-order valence-electron chi connectivity index (χ0n) is 20.4. The molecular formula is C29H26FN3O4S. The van der Waals surface area contributed by atoms with Crippen LogP contribution in [0.3, 0.4) is 0 Å². The van der Waals surface area contributed by atoms with Crippen molar-refractivity contribution >= 4 is 33.2 Å². The van der Waals surface area contributed by atoms with Crippen LogP contribution < -0.4 is 14.9 Å². The van der Waals surface area contributed by atoms with Gasteiger partial charge in [-0.05, 0) is 60.5 Å². The average molecular weight is 532 g/mol. The Balaban J connectivity index is 1.50. The van der Waals surface area contributed by atoms with Gasteiger partial charge in [-0.2, -0.15) is 0 Å². The fourth-order valence-corrected chi connectivity index (χ4v) is 5.23. The summed E-state index contributed by atoms with van der Waals surface area (Å²) in [5, 5.41) is 5.52. The highest BCUT2D eigenvalue weighted by Crippen LogP contribution is 2.24. The van der Waals surface area contributed by atoms with Crippen LogP contribution >= 0.6 is 0 Å². The number of hydrogen-bond acceptors (Lipinski definition) is 4. The predicted octanol–water partition coefficient (Wildman–Crippen LogP) is 4.63. The third kappa shape index (κ3) is 6.63. The maximum atomic E-state index is 13.4. The molecule has 0 spiro atoms. The molecule has 4 aromatic rings. The Kier molecular flexibility index (Phi) is 8.50. The average Bonchev–Trinajstić information content (AvgIpc) is 2.93. The number of hydrogen-bond donors (Lipinski definition) is 2. The maximum Gasteiger partial charge on any atom is 0.264 e. The Morgan fingerprint density at radius 1 is 0.763 bits per heavy atom. The molecule has 0 bridgehead atoms. The lowest BCUT2D eigenvalue weighted by Gasteiger charge is -2.24. The van der Waals surface area contributed by atoms with Gasteiger partial charge in [0, 0.05) is 6.54 Å². The van der Waals surface area contributed by atoms with Crippen LogP contribution in [0.25, 0.3) is 0 Å². The molecule has 2 amide bonds. The second kappa shape index (κ2) is 12.2. The third-order valence-corrected chi connectivity index (χ3v) is 7.51. The van der Waals surface area contributed by atoms with Crippen molar-refractivity contribution in [3.63, 3.8) is 0 Å². The summed E-state index contributed by atoms with van der Waals surface area (Å²) in [5.74, 6) is -1.59. The highest BCUT2D eigenvalue weighted by molar-refractivity contribution is 7.92. The summed E-state index contributed by atoms with van der Waals surface area (Å²) < 4.78 is 41.2. The quantitative estimate of drug-likeness (QED) is 0.312. The summed E-state index contributed by atoms with van der Waals surface area (Å²) in [5.41, 5.74) is 1.85. The van der Waals surface area contributed by atoms with Crippen molar-refractivity contribution in [3.05, 3.63) is 126 Å². The van der Waals surface area contributed by atoms with Crippen LogP contribution in [-0.2, 0) is 21.2 Å². The van der Waals surface area contributed by atoms with Crippen LogP contribution in [0.5, 0.6) is 0 Å². The summed E-state index contributed by atoms with van der Waals surface area (Å²) in [7, 11) is -4.20. The Morgan fingerprint density at radius 3 is 2.05 bits per heavy atom. The fourth-order valence-electron chi connectivity index (χ4n) is 3.81. The van der Waals surface area contributed by atoms with Gasteiger partial charge in [-0.3, -0.25) is 13.9 Å². The SMILES string of the molecule is O=C(CN(c1ccccc1)S(=O)(=O)c1ccc(F)cc1)Nc1ccccc1C(=O)NCCc1ccccc1. The van der Waals surface area contributed by atoms with Gasteiger partial charge in [-0.15, -0.1) is 0 Å². The van der Waals surface area contributed by atoms with E-state index in [2.05, 4.69) is 10.6 Å². The normalized spacial score (nSPS) is 11.0. The van der Waals surface area contributed by atoms with E-state index in [1.165, 1.54) is 0 Å². The number of sulfonamides is 1. The number of amides is 2. The molecule has 0 saturated carbocycles. The first-order valence-electron chi connectivity index (χ1n) is 11.9. The van der Waals surface area contributed by atoms with Crippen molar-refractivity contribution < 1.29 is 22.4 Å². The van der Waals surface area contributed by atoms with E-state index < -0.39 is 28.3 Å². The first-order chi connectivity index (χ1) is 18.3. The second-order valence-corrected chi connectivity index (χ2v) is 10.2. The molecule has 0 fully saturated rings. The lowest BCUT2D eigenvalue weighted by molar-refractivity contribution is -0.114. The number of rotatable bonds is 10. The largest absolute Gasteiger partial charge is 0.352 e. The third-order valence-electron chi connectivity index (χ3n) is 5.72. The molecule has 194 valence electrons. The first kappa shape index (κ1) is 26.6. The Labute approximate surface area is 221 Å². The van der Waals surface area contributed by atoms with E-state index in [4.69, 9.17) is 0 Å². The minimum Gasteiger partial charge on any atom is -0.352 e. The number of halogens is 1. The molecule has 0 aliphatic heterocycles. The number of nitrogens with one attached hydrogen (secondary N) is 2. The summed E-state index contributed by atoms with van der Waals surface area (Å²) in [6, 6.07) is 28.7. The number of nitrogens with zero attached hydrogens (tertiary/aromatic N) is 1. The molecule has 9 heteroatoms. The Bertz CT molecular complexity index is 1500. The van der Waals surface area contributed by atoms with Crippen molar-refractivity contribution in [2.75, 3.05) is 22.7 Å². The summed E-state index contributed by atoms with van der Waals surface area (Å²) in [6.45, 7) is -0.156. The van der Waals surface area contributed by atoms with Gasteiger partial charge in [-0.25, -0.2) is 12.8 Å². The summed E-state index contributed by atoms with van der Waals surface area (Å²) >= 11 is 0. The molecule has 0 aromatic heterocycles. The van der Waals surface area contributed by atoms with Gasteiger partial charge in [0.1, 0.15) is 12.4 Å². The minimum absolute atomic E-state index is 0.159. The summed E-state index contributed by atoms with van der Waals surface area (Å²) in [4.78, 5) is 25.8. The van der Waals surface area contributed by atoms with Gasteiger partial charge < -0.3 is 10.6 Å². The molecular weight excluding hydrogens is 505 g/mol. The van der Waals surface area contributed by atoms with Crippen molar-refractivity contribution in [3.8, 4) is 0 Å². The number of carbonyl (C=O) groups is 2. The fraction of sp³-hybridized carbons (Fsp3) is 0.103. The molecule has 0 aliphatic carbocycles. The molecule has 0 atom stereocenters. The van der Waals surface area contributed by atoms with E-state index in [0.29, 0.717) is 13.0 Å². The zero-order valence-corrected chi connectivity index (χ0v) is 21.2. The van der Waals surface area contributed by atoms with E-state index >= 15 is 0 Å². The van der Waals surface area contributed by atoms with Crippen LogP contribution in [0.4, 0.5) is 15.8 Å². The zero-order chi connectivity index (χ0) is 27.0. The van der Waals surface area contributed by atoms with Gasteiger partial charge in [-0.1, -0.05) is 60.7 Å². The van der Waals surface area contributed by atoms with E-state index in [1.807, 2.05) is 30.3 Å². The molecule has 7 nitrogen and oxygen atoms in total. The lowest BCUT2D eigenvalue weighted by Crippen LogP contribution is -2.38. The van der Waals surface area contributed by atoms with E-state index in [0.717, 1.165) is 34.1 Å². The molecule has 0 saturated heterocycles. The predicted molar refractivity (Wildman–Crippen MR) is 145 cm³/mol. The van der Waals surface area contributed by atoms with E-state index in [1.54, 1.807) is 54.6 Å². The van der Waals surface area contributed by atoms with Gasteiger partial charge in [0.2, 0.25) is 5.91 Å². The van der Waals surface area contributed by atoms with Gasteiger partial charge >= 0.3 is 0 Å². The monoisotopic (exact) mass is 531 g/mol. The standard InChI is InChI=1S/C29H26FN3O4S/c30-23-15-17-25(18-16-23)38(36,37)33(24-11-5-2-6-12-24)21-28(34)32-27-14-8-7-13-26(27)29(35)31-20-19-22-9-3-1-4-10-22/h1-18H,19-21H2,(H,31,35)(H,32,34). The highest BCUT2D eigenvalue weighted by atomic mass is 32.2. The molecule has 0 unspecified atom stereocenters. The van der Waals surface area contributed by atoms with Crippen LogP contribution in [0.2, 0.25) is 0 Å². The molecule has 4 rings (SSSR count). The second-order valence-electron chi connectivity index (χ2n) is 8.39. The summed E-state index contributed by atoms with van der Waals surface area (Å²) in [6.07, 6.45) is 0.647. The molecule has 4 aromatic carbocycles. The van der Waals surface area contributed by atoms with Gasteiger partial charge in [0.05, 0.1) is 21.8 Å². The maximum absolute atomic E-state index is 13.4. The van der Waals surface area contributed by atoms with Crippen LogP contribution in [0.15, 0.2) is 114 Å². The van der Waals surface area contributed by atoms with Crippen LogP contribution in [0, 0.1) is 5.82 Å². The Morgan fingerprint density at radius 2 is 1.37 bits per heavy atom. The van der Waals surface area contributed by atoms with Crippen molar-refractivity contribution in [1.29, 1.82) is 0 Å². The van der Waals surface area contributed by atoms with E-state index in [-0.39, 0.29) is 27.7 Å². The van der Waals surface area contributed by atoms with Crippen LogP contribution in [0.1, 0.15) is 15.9 Å². The van der Waals surface area contributed by atoms with Gasteiger partial charge in [0.15, 0.2) is 0 Å². The smallest absolute Gasteiger partial charge is 0.264 e. The molecule has 0 aliphatic rings.